The highest BCUT2D eigenvalue weighted by molar-refractivity contribution is 5.92. The van der Waals surface area contributed by atoms with Crippen LogP contribution in [0.25, 0.3) is 0 Å². The van der Waals surface area contributed by atoms with Gasteiger partial charge in [-0.3, -0.25) is 14.4 Å². The average Bonchev–Trinajstić information content (AvgIpc) is 3.35. The van der Waals surface area contributed by atoms with Gasteiger partial charge >= 0.3 is 5.97 Å². The Balaban J connectivity index is 1.61. The summed E-state index contributed by atoms with van der Waals surface area (Å²) in [4.78, 5) is 42.1. The van der Waals surface area contributed by atoms with Crippen molar-refractivity contribution in [2.45, 2.75) is 59.4 Å². The summed E-state index contributed by atoms with van der Waals surface area (Å²) in [6.07, 6.45) is 4.01. The third-order valence-corrected chi connectivity index (χ3v) is 7.96. The van der Waals surface area contributed by atoms with Gasteiger partial charge in [0.25, 0.3) is 0 Å². The van der Waals surface area contributed by atoms with E-state index in [-0.39, 0.29) is 42.6 Å². The van der Waals surface area contributed by atoms with Gasteiger partial charge in [-0.05, 0) is 67.9 Å². The zero-order chi connectivity index (χ0) is 29.1. The van der Waals surface area contributed by atoms with Crippen LogP contribution in [0.1, 0.15) is 56.6 Å². The van der Waals surface area contributed by atoms with Gasteiger partial charge in [0.05, 0.1) is 27.9 Å². The van der Waals surface area contributed by atoms with E-state index in [1.165, 1.54) is 7.11 Å². The quantitative estimate of drug-likeness (QED) is 0.431. The second kappa shape index (κ2) is 11.8. The SMILES string of the molecule is COC(=O)[C@@]12C[C@@H](CC(=O)NCc3ccc(C)o3)C(=O)N(CCc3ccc(OC)c(OC)c3)C1=CCC(C)(C)C2. The lowest BCUT2D eigenvalue weighted by Gasteiger charge is -2.51. The highest BCUT2D eigenvalue weighted by Crippen LogP contribution is 2.54. The summed E-state index contributed by atoms with van der Waals surface area (Å²) >= 11 is 0. The summed E-state index contributed by atoms with van der Waals surface area (Å²) in [5, 5.41) is 2.86. The fraction of sp³-hybridized carbons (Fsp3) is 0.516. The third kappa shape index (κ3) is 6.03. The van der Waals surface area contributed by atoms with Gasteiger partial charge in [-0.15, -0.1) is 0 Å². The molecule has 1 N–H and O–H groups in total. The van der Waals surface area contributed by atoms with E-state index in [0.717, 1.165) is 17.7 Å². The molecule has 0 saturated carbocycles. The number of allylic oxidation sites excluding steroid dienone is 1. The van der Waals surface area contributed by atoms with Crippen molar-refractivity contribution in [1.82, 2.24) is 10.2 Å². The van der Waals surface area contributed by atoms with Crippen LogP contribution in [0, 0.1) is 23.7 Å². The number of hydrogen-bond acceptors (Lipinski definition) is 7. The standard InChI is InChI=1S/C31H40N2O7/c1-20-7-9-23(40-20)18-32-27(34)16-22-17-31(29(36)39-6)19-30(2,3)13-11-26(31)33(28(22)35)14-12-21-8-10-24(37-4)25(15-21)38-5/h7-11,15,22H,12-14,16-19H2,1-6H3,(H,32,34)/t22-,31-/m1/s1. The summed E-state index contributed by atoms with van der Waals surface area (Å²) < 4.78 is 21.7. The number of ether oxygens (including phenoxy) is 3. The van der Waals surface area contributed by atoms with Crippen molar-refractivity contribution in [3.8, 4) is 11.5 Å². The van der Waals surface area contributed by atoms with E-state index >= 15 is 0 Å². The molecule has 1 saturated heterocycles. The van der Waals surface area contributed by atoms with E-state index in [4.69, 9.17) is 18.6 Å². The lowest BCUT2D eigenvalue weighted by molar-refractivity contribution is -0.162. The number of esters is 1. The van der Waals surface area contributed by atoms with E-state index < -0.39 is 11.3 Å². The molecule has 40 heavy (non-hydrogen) atoms. The van der Waals surface area contributed by atoms with E-state index in [2.05, 4.69) is 19.2 Å². The van der Waals surface area contributed by atoms with E-state index in [1.807, 2.05) is 43.3 Å². The van der Waals surface area contributed by atoms with Crippen molar-refractivity contribution in [1.29, 1.82) is 0 Å². The molecule has 0 unspecified atom stereocenters. The molecule has 0 radical (unpaired) electrons. The molecule has 1 aromatic heterocycles. The average molecular weight is 553 g/mol. The monoisotopic (exact) mass is 552 g/mol. The molecule has 2 amide bonds. The normalized spacial score (nSPS) is 21.8. The number of nitrogens with one attached hydrogen (secondary N) is 1. The fourth-order valence-electron chi connectivity index (χ4n) is 6.12. The number of methoxy groups -OCH3 is 3. The zero-order valence-electron chi connectivity index (χ0n) is 24.3. The minimum atomic E-state index is -1.01. The summed E-state index contributed by atoms with van der Waals surface area (Å²) in [6, 6.07) is 9.30. The van der Waals surface area contributed by atoms with Gasteiger partial charge in [-0.2, -0.15) is 0 Å². The fourth-order valence-corrected chi connectivity index (χ4v) is 6.12. The molecule has 0 spiro atoms. The number of amides is 2. The first-order chi connectivity index (χ1) is 19.0. The second-order valence-electron chi connectivity index (χ2n) is 11.5. The van der Waals surface area contributed by atoms with Crippen molar-refractivity contribution < 1.29 is 33.0 Å². The molecule has 9 heteroatoms. The third-order valence-electron chi connectivity index (χ3n) is 7.96. The van der Waals surface area contributed by atoms with Crippen LogP contribution in [0.2, 0.25) is 0 Å². The Morgan fingerprint density at radius 1 is 1.10 bits per heavy atom. The number of likely N-dealkylation sites (tertiary alicyclic amines) is 1. The highest BCUT2D eigenvalue weighted by Gasteiger charge is 2.57. The molecule has 2 atom stereocenters. The summed E-state index contributed by atoms with van der Waals surface area (Å²) in [5.74, 6) is 1.16. The van der Waals surface area contributed by atoms with Gasteiger partial charge in [-0.1, -0.05) is 26.0 Å². The molecule has 2 heterocycles. The summed E-state index contributed by atoms with van der Waals surface area (Å²) in [5.41, 5.74) is 0.466. The van der Waals surface area contributed by atoms with Gasteiger partial charge in [0.2, 0.25) is 11.8 Å². The van der Waals surface area contributed by atoms with Crippen LogP contribution in [-0.2, 0) is 32.1 Å². The topological polar surface area (TPSA) is 107 Å². The Morgan fingerprint density at radius 3 is 2.50 bits per heavy atom. The first-order valence-electron chi connectivity index (χ1n) is 13.7. The number of benzene rings is 1. The molecular formula is C31H40N2O7. The molecule has 1 fully saturated rings. The molecule has 2 aromatic rings. The molecule has 1 aromatic carbocycles. The molecular weight excluding hydrogens is 512 g/mol. The zero-order valence-corrected chi connectivity index (χ0v) is 24.3. The van der Waals surface area contributed by atoms with Crippen LogP contribution < -0.4 is 14.8 Å². The Labute approximate surface area is 235 Å². The Bertz CT molecular complexity index is 1290. The van der Waals surface area contributed by atoms with E-state index in [0.29, 0.717) is 42.3 Å². The molecule has 4 rings (SSSR count). The number of aryl methyl sites for hydroxylation is 1. The summed E-state index contributed by atoms with van der Waals surface area (Å²) in [7, 11) is 4.55. The maximum absolute atomic E-state index is 13.9. The molecule has 1 aliphatic carbocycles. The summed E-state index contributed by atoms with van der Waals surface area (Å²) in [6.45, 7) is 6.65. The molecule has 1 aliphatic heterocycles. The van der Waals surface area contributed by atoms with Crippen LogP contribution in [0.15, 0.2) is 46.5 Å². The van der Waals surface area contributed by atoms with Crippen molar-refractivity contribution in [3.63, 3.8) is 0 Å². The number of piperidine rings is 1. The predicted molar refractivity (Wildman–Crippen MR) is 149 cm³/mol. The van der Waals surface area contributed by atoms with Gasteiger partial charge in [-0.25, -0.2) is 0 Å². The maximum atomic E-state index is 13.9. The van der Waals surface area contributed by atoms with Gasteiger partial charge in [0.15, 0.2) is 11.5 Å². The maximum Gasteiger partial charge on any atom is 0.317 e. The van der Waals surface area contributed by atoms with Crippen LogP contribution in [0.4, 0.5) is 0 Å². The number of fused-ring (bicyclic) bond motifs is 1. The molecule has 0 bridgehead atoms. The largest absolute Gasteiger partial charge is 0.493 e. The predicted octanol–water partition coefficient (Wildman–Crippen LogP) is 4.57. The van der Waals surface area contributed by atoms with Crippen molar-refractivity contribution in [2.75, 3.05) is 27.9 Å². The van der Waals surface area contributed by atoms with Crippen LogP contribution >= 0.6 is 0 Å². The van der Waals surface area contributed by atoms with Crippen molar-refractivity contribution >= 4 is 17.8 Å². The Hall–Kier alpha value is -3.75. The highest BCUT2D eigenvalue weighted by atomic mass is 16.5. The van der Waals surface area contributed by atoms with Gasteiger partial charge in [0.1, 0.15) is 16.9 Å². The minimum Gasteiger partial charge on any atom is -0.493 e. The Morgan fingerprint density at radius 2 is 1.85 bits per heavy atom. The number of nitrogens with zero attached hydrogens (tertiary/aromatic N) is 1. The number of carbonyl (C=O) groups is 3. The lowest BCUT2D eigenvalue weighted by atomic mass is 9.59. The first kappa shape index (κ1) is 29.2. The van der Waals surface area contributed by atoms with Crippen molar-refractivity contribution in [3.05, 3.63) is 59.2 Å². The Kier molecular flexibility index (Phi) is 8.61. The number of furan rings is 1. The second-order valence-corrected chi connectivity index (χ2v) is 11.5. The first-order valence-corrected chi connectivity index (χ1v) is 13.7. The number of hydrogen-bond donors (Lipinski definition) is 1. The lowest BCUT2D eigenvalue weighted by Crippen LogP contribution is -2.56. The molecule has 216 valence electrons. The molecule has 9 nitrogen and oxygen atoms in total. The number of carbonyl (C=O) groups excluding carboxylic acids is 3. The minimum absolute atomic E-state index is 0.0299. The van der Waals surface area contributed by atoms with Gasteiger partial charge in [0, 0.05) is 24.6 Å². The van der Waals surface area contributed by atoms with Gasteiger partial charge < -0.3 is 28.8 Å². The van der Waals surface area contributed by atoms with E-state index in [9.17, 15) is 14.4 Å². The van der Waals surface area contributed by atoms with Crippen LogP contribution in [0.3, 0.4) is 0 Å². The smallest absolute Gasteiger partial charge is 0.317 e. The van der Waals surface area contributed by atoms with Crippen LogP contribution in [0.5, 0.6) is 11.5 Å². The van der Waals surface area contributed by atoms with E-state index in [1.54, 1.807) is 19.1 Å². The number of rotatable bonds is 10. The van der Waals surface area contributed by atoms with Crippen LogP contribution in [-0.4, -0.2) is 50.6 Å². The molecule has 2 aliphatic rings. The van der Waals surface area contributed by atoms with Crippen molar-refractivity contribution in [2.24, 2.45) is 16.7 Å².